The van der Waals surface area contributed by atoms with Crippen molar-refractivity contribution in [3.63, 3.8) is 0 Å². The first kappa shape index (κ1) is 12.0. The van der Waals surface area contributed by atoms with E-state index in [2.05, 4.69) is 0 Å². The Bertz CT molecular complexity index is 589. The smallest absolute Gasteiger partial charge is 0.134 e. The second kappa shape index (κ2) is 4.88. The molecule has 2 aromatic carbocycles. The zero-order valence-electron chi connectivity index (χ0n) is 10.3. The fourth-order valence-electron chi connectivity index (χ4n) is 2.14. The van der Waals surface area contributed by atoms with Gasteiger partial charge in [0, 0.05) is 11.1 Å². The Kier molecular flexibility index (Phi) is 3.07. The third-order valence-corrected chi connectivity index (χ3v) is 3.18. The van der Waals surface area contributed by atoms with Gasteiger partial charge in [0.05, 0.1) is 13.2 Å². The molecule has 3 heteroatoms. The number of aliphatic hydroxyl groups is 2. The minimum atomic E-state index is 0.0166. The van der Waals surface area contributed by atoms with Gasteiger partial charge < -0.3 is 14.9 Å². The lowest BCUT2D eigenvalue weighted by atomic mass is 10.1. The van der Waals surface area contributed by atoms with E-state index >= 15 is 0 Å². The number of rotatable bonds is 2. The highest BCUT2D eigenvalue weighted by atomic mass is 16.5. The number of hydrogen-bond acceptors (Lipinski definition) is 3. The van der Waals surface area contributed by atoms with Gasteiger partial charge in [-0.1, -0.05) is 24.3 Å². The summed E-state index contributed by atoms with van der Waals surface area (Å²) in [6.45, 7) is 0.0332. The van der Waals surface area contributed by atoms with E-state index in [0.29, 0.717) is 0 Å². The Labute approximate surface area is 111 Å². The van der Waals surface area contributed by atoms with Crippen LogP contribution in [0.3, 0.4) is 0 Å². The highest BCUT2D eigenvalue weighted by Crippen LogP contribution is 2.34. The van der Waals surface area contributed by atoms with Crippen molar-refractivity contribution in [3.8, 4) is 11.5 Å². The summed E-state index contributed by atoms with van der Waals surface area (Å²) < 4.78 is 5.88. The zero-order valence-corrected chi connectivity index (χ0v) is 10.3. The molecule has 0 aromatic heterocycles. The van der Waals surface area contributed by atoms with Gasteiger partial charge in [0.1, 0.15) is 11.5 Å². The van der Waals surface area contributed by atoms with Crippen molar-refractivity contribution < 1.29 is 14.9 Å². The molecule has 1 aliphatic heterocycles. The number of ether oxygens (including phenoxy) is 1. The van der Waals surface area contributed by atoms with Crippen molar-refractivity contribution in [1.82, 2.24) is 0 Å². The monoisotopic (exact) mass is 254 g/mol. The molecule has 96 valence electrons. The Balaban J connectivity index is 2.07. The maximum absolute atomic E-state index is 9.16. The van der Waals surface area contributed by atoms with Crippen LogP contribution in [0.15, 0.2) is 36.4 Å². The second-order valence-electron chi connectivity index (χ2n) is 4.50. The number of hydrogen-bond donors (Lipinski definition) is 2. The van der Waals surface area contributed by atoms with Crippen molar-refractivity contribution in [2.24, 2.45) is 0 Å². The predicted molar refractivity (Wildman–Crippen MR) is 73.7 cm³/mol. The summed E-state index contributed by atoms with van der Waals surface area (Å²) in [5, 5.41) is 18.3. The first-order valence-corrected chi connectivity index (χ1v) is 6.13. The van der Waals surface area contributed by atoms with Gasteiger partial charge in [-0.05, 0) is 35.4 Å². The maximum atomic E-state index is 9.16. The molecule has 0 saturated heterocycles. The molecule has 0 amide bonds. The van der Waals surface area contributed by atoms with Gasteiger partial charge in [0.25, 0.3) is 0 Å². The first-order chi connectivity index (χ1) is 9.30. The fraction of sp³-hybridized carbons (Fsp3) is 0.125. The summed E-state index contributed by atoms with van der Waals surface area (Å²) in [7, 11) is 0. The molecule has 0 spiro atoms. The van der Waals surface area contributed by atoms with E-state index in [1.54, 1.807) is 0 Å². The maximum Gasteiger partial charge on any atom is 0.134 e. The minimum absolute atomic E-state index is 0.0166. The Morgan fingerprint density at radius 1 is 0.737 bits per heavy atom. The topological polar surface area (TPSA) is 49.7 Å². The third-order valence-electron chi connectivity index (χ3n) is 3.18. The number of fused-ring (bicyclic) bond motifs is 2. The SMILES string of the molecule is OCc1ccc2c(c1)C=Cc1cc(CO)ccc1O2. The normalized spacial score (nSPS) is 12.3. The van der Waals surface area contributed by atoms with Crippen LogP contribution < -0.4 is 4.74 Å². The van der Waals surface area contributed by atoms with E-state index in [1.165, 1.54) is 0 Å². The molecular weight excluding hydrogens is 240 g/mol. The average Bonchev–Trinajstić information content (AvgIpc) is 2.64. The van der Waals surface area contributed by atoms with Crippen LogP contribution in [0.25, 0.3) is 12.2 Å². The summed E-state index contributed by atoms with van der Waals surface area (Å²) in [6, 6.07) is 11.2. The van der Waals surface area contributed by atoms with Gasteiger partial charge in [-0.15, -0.1) is 0 Å². The average molecular weight is 254 g/mol. The molecule has 0 fully saturated rings. The molecule has 0 atom stereocenters. The van der Waals surface area contributed by atoms with E-state index in [-0.39, 0.29) is 13.2 Å². The fourth-order valence-corrected chi connectivity index (χ4v) is 2.14. The largest absolute Gasteiger partial charge is 0.456 e. The second-order valence-corrected chi connectivity index (χ2v) is 4.50. The van der Waals surface area contributed by atoms with Crippen molar-refractivity contribution in [2.45, 2.75) is 13.2 Å². The minimum Gasteiger partial charge on any atom is -0.456 e. The molecular formula is C16H14O3. The van der Waals surface area contributed by atoms with Crippen molar-refractivity contribution in [3.05, 3.63) is 58.7 Å². The third kappa shape index (κ3) is 2.26. The van der Waals surface area contributed by atoms with Crippen molar-refractivity contribution in [2.75, 3.05) is 0 Å². The van der Waals surface area contributed by atoms with Gasteiger partial charge in [0.2, 0.25) is 0 Å². The summed E-state index contributed by atoms with van der Waals surface area (Å²) in [5.74, 6) is 1.54. The quantitative estimate of drug-likeness (QED) is 0.739. The highest BCUT2D eigenvalue weighted by molar-refractivity contribution is 5.78. The number of benzene rings is 2. The van der Waals surface area contributed by atoms with Crippen LogP contribution in [0, 0.1) is 0 Å². The van der Waals surface area contributed by atoms with Crippen LogP contribution in [-0.4, -0.2) is 10.2 Å². The number of aliphatic hydroxyl groups excluding tert-OH is 2. The molecule has 3 nitrogen and oxygen atoms in total. The Morgan fingerprint density at radius 2 is 1.21 bits per heavy atom. The van der Waals surface area contributed by atoms with Gasteiger partial charge >= 0.3 is 0 Å². The van der Waals surface area contributed by atoms with E-state index in [4.69, 9.17) is 14.9 Å². The lowest BCUT2D eigenvalue weighted by molar-refractivity contribution is 0.281. The summed E-state index contributed by atoms with van der Waals surface area (Å²) in [4.78, 5) is 0. The molecule has 1 heterocycles. The zero-order chi connectivity index (χ0) is 13.2. The Hall–Kier alpha value is -2.10. The van der Waals surface area contributed by atoms with Crippen LogP contribution in [0.2, 0.25) is 0 Å². The molecule has 2 aromatic rings. The molecule has 0 aliphatic carbocycles. The van der Waals surface area contributed by atoms with Crippen molar-refractivity contribution >= 4 is 12.2 Å². The molecule has 3 rings (SSSR count). The predicted octanol–water partition coefficient (Wildman–Crippen LogP) is 2.95. The Morgan fingerprint density at radius 3 is 1.63 bits per heavy atom. The van der Waals surface area contributed by atoms with Crippen molar-refractivity contribution in [1.29, 1.82) is 0 Å². The standard InChI is InChI=1S/C16H14O3/c17-9-11-1-5-15-13(7-11)3-4-14-8-12(10-18)2-6-16(14)19-15/h1-8,17-18H,9-10H2. The van der Waals surface area contributed by atoms with Crippen LogP contribution >= 0.6 is 0 Å². The molecule has 0 saturated carbocycles. The van der Waals surface area contributed by atoms with Gasteiger partial charge in [-0.3, -0.25) is 0 Å². The van der Waals surface area contributed by atoms with Gasteiger partial charge in [-0.2, -0.15) is 0 Å². The first-order valence-electron chi connectivity index (χ1n) is 6.13. The summed E-state index contributed by atoms with van der Waals surface area (Å²) >= 11 is 0. The lowest BCUT2D eigenvalue weighted by Gasteiger charge is -2.10. The van der Waals surface area contributed by atoms with E-state index in [1.807, 2.05) is 48.6 Å². The van der Waals surface area contributed by atoms with Crippen LogP contribution in [0.1, 0.15) is 22.3 Å². The van der Waals surface area contributed by atoms with Crippen LogP contribution in [0.5, 0.6) is 11.5 Å². The van der Waals surface area contributed by atoms with E-state index in [9.17, 15) is 0 Å². The molecule has 0 bridgehead atoms. The van der Waals surface area contributed by atoms with Crippen LogP contribution in [0.4, 0.5) is 0 Å². The van der Waals surface area contributed by atoms with Gasteiger partial charge in [0.15, 0.2) is 0 Å². The molecule has 0 radical (unpaired) electrons. The molecule has 2 N–H and O–H groups in total. The summed E-state index contributed by atoms with van der Waals surface area (Å²) in [6.07, 6.45) is 3.92. The summed E-state index contributed by atoms with van der Waals surface area (Å²) in [5.41, 5.74) is 3.59. The van der Waals surface area contributed by atoms with E-state index < -0.39 is 0 Å². The molecule has 19 heavy (non-hydrogen) atoms. The van der Waals surface area contributed by atoms with E-state index in [0.717, 1.165) is 33.8 Å². The van der Waals surface area contributed by atoms with Crippen LogP contribution in [-0.2, 0) is 13.2 Å². The molecule has 0 unspecified atom stereocenters. The highest BCUT2D eigenvalue weighted by Gasteiger charge is 2.11. The lowest BCUT2D eigenvalue weighted by Crippen LogP contribution is -1.91. The van der Waals surface area contributed by atoms with Gasteiger partial charge in [-0.25, -0.2) is 0 Å². The molecule has 1 aliphatic rings.